The number of hydrogen-bond donors (Lipinski definition) is 2. The lowest BCUT2D eigenvalue weighted by atomic mass is 10.0. The highest BCUT2D eigenvalue weighted by Crippen LogP contribution is 2.33. The van der Waals surface area contributed by atoms with Crippen molar-refractivity contribution >= 4 is 21.5 Å². The van der Waals surface area contributed by atoms with E-state index in [4.69, 9.17) is 5.73 Å². The molecule has 0 aliphatic heterocycles. The van der Waals surface area contributed by atoms with Crippen molar-refractivity contribution in [2.24, 2.45) is 0 Å². The number of nitrogens with two attached hydrogens (primary N) is 1. The number of pyridine rings is 1. The molecule has 1 heterocycles. The van der Waals surface area contributed by atoms with Gasteiger partial charge in [0.1, 0.15) is 0 Å². The van der Waals surface area contributed by atoms with Gasteiger partial charge in [0.2, 0.25) is 15.8 Å². The molecule has 0 spiro atoms. The van der Waals surface area contributed by atoms with Gasteiger partial charge in [-0.2, -0.15) is 0 Å². The van der Waals surface area contributed by atoms with Crippen molar-refractivity contribution in [3.8, 4) is 11.1 Å². The molecule has 0 saturated heterocycles. The van der Waals surface area contributed by atoms with Crippen molar-refractivity contribution in [1.29, 1.82) is 0 Å². The third kappa shape index (κ3) is 3.77. The summed E-state index contributed by atoms with van der Waals surface area (Å²) in [7, 11) is -3.32. The predicted octanol–water partition coefficient (Wildman–Crippen LogP) is 1.29. The van der Waals surface area contributed by atoms with Crippen LogP contribution in [0.15, 0.2) is 36.5 Å². The highest BCUT2D eigenvalue weighted by Gasteiger charge is 2.20. The molecule has 2 aromatic rings. The second kappa shape index (κ2) is 6.08. The molecule has 9 heteroatoms. The largest absolute Gasteiger partial charge is 0.378 e. The average Bonchev–Trinajstić information content (AvgIpc) is 2.44. The maximum absolute atomic E-state index is 11.2. The lowest BCUT2D eigenvalue weighted by Crippen LogP contribution is -2.21. The molecule has 0 fully saturated rings. The smallest absolute Gasteiger partial charge is 0.318 e. The fraction of sp³-hybridized carbons (Fsp3) is 0.154. The van der Waals surface area contributed by atoms with Crippen LogP contribution in [0, 0.1) is 10.1 Å². The second-order valence-corrected chi connectivity index (χ2v) is 6.48. The average molecular weight is 322 g/mol. The van der Waals surface area contributed by atoms with Crippen LogP contribution in [0.3, 0.4) is 0 Å². The SMILES string of the molecule is CS(=O)(=O)NCc1cccc(-c2ccnc(N)c2[N+](=O)[O-])c1. The Kier molecular flexibility index (Phi) is 4.38. The van der Waals surface area contributed by atoms with Crippen LogP contribution in [0.1, 0.15) is 5.56 Å². The van der Waals surface area contributed by atoms with E-state index >= 15 is 0 Å². The van der Waals surface area contributed by atoms with Crippen LogP contribution >= 0.6 is 0 Å². The Hall–Kier alpha value is -2.52. The number of sulfonamides is 1. The minimum Gasteiger partial charge on any atom is -0.378 e. The molecule has 2 rings (SSSR count). The van der Waals surface area contributed by atoms with Crippen molar-refractivity contribution in [2.45, 2.75) is 6.54 Å². The van der Waals surface area contributed by atoms with Gasteiger partial charge in [-0.3, -0.25) is 10.1 Å². The van der Waals surface area contributed by atoms with E-state index in [9.17, 15) is 18.5 Å². The first-order valence-electron chi connectivity index (χ1n) is 6.21. The topological polar surface area (TPSA) is 128 Å². The zero-order valence-electron chi connectivity index (χ0n) is 11.7. The summed E-state index contributed by atoms with van der Waals surface area (Å²) in [5, 5.41) is 11.2. The number of nitrogens with one attached hydrogen (secondary N) is 1. The summed E-state index contributed by atoms with van der Waals surface area (Å²) in [5.74, 6) is -0.165. The van der Waals surface area contributed by atoms with Crippen LogP contribution in [0.25, 0.3) is 11.1 Å². The molecule has 1 aromatic heterocycles. The van der Waals surface area contributed by atoms with Crippen molar-refractivity contribution in [1.82, 2.24) is 9.71 Å². The third-order valence-electron chi connectivity index (χ3n) is 2.91. The maximum Gasteiger partial charge on any atom is 0.318 e. The Morgan fingerprint density at radius 2 is 2.09 bits per heavy atom. The summed E-state index contributed by atoms with van der Waals surface area (Å²) >= 11 is 0. The lowest BCUT2D eigenvalue weighted by Gasteiger charge is -2.07. The highest BCUT2D eigenvalue weighted by atomic mass is 32.2. The van der Waals surface area contributed by atoms with Crippen molar-refractivity contribution < 1.29 is 13.3 Å². The van der Waals surface area contributed by atoms with Crippen LogP contribution in [-0.4, -0.2) is 24.6 Å². The van der Waals surface area contributed by atoms with E-state index in [-0.39, 0.29) is 18.1 Å². The molecule has 0 bridgehead atoms. The van der Waals surface area contributed by atoms with Gasteiger partial charge in [0, 0.05) is 12.7 Å². The van der Waals surface area contributed by atoms with E-state index in [1.165, 1.54) is 12.3 Å². The summed E-state index contributed by atoms with van der Waals surface area (Å²) in [6.45, 7) is 0.0983. The van der Waals surface area contributed by atoms with E-state index in [0.29, 0.717) is 16.7 Å². The number of nitro groups is 1. The molecule has 22 heavy (non-hydrogen) atoms. The molecule has 3 N–H and O–H groups in total. The van der Waals surface area contributed by atoms with E-state index in [0.717, 1.165) is 6.26 Å². The van der Waals surface area contributed by atoms with Crippen LogP contribution < -0.4 is 10.5 Å². The van der Waals surface area contributed by atoms with Crippen molar-refractivity contribution in [3.63, 3.8) is 0 Å². The van der Waals surface area contributed by atoms with E-state index in [2.05, 4.69) is 9.71 Å². The molecule has 0 unspecified atom stereocenters. The van der Waals surface area contributed by atoms with Gasteiger partial charge in [-0.25, -0.2) is 18.1 Å². The fourth-order valence-electron chi connectivity index (χ4n) is 1.96. The molecule has 8 nitrogen and oxygen atoms in total. The van der Waals surface area contributed by atoms with E-state index < -0.39 is 14.9 Å². The fourth-order valence-corrected chi connectivity index (χ4v) is 2.39. The molecular formula is C13H14N4O4S. The Morgan fingerprint density at radius 3 is 2.73 bits per heavy atom. The van der Waals surface area contributed by atoms with Gasteiger partial charge in [-0.15, -0.1) is 0 Å². The lowest BCUT2D eigenvalue weighted by molar-refractivity contribution is -0.383. The predicted molar refractivity (Wildman–Crippen MR) is 82.4 cm³/mol. The molecule has 0 aliphatic rings. The molecule has 116 valence electrons. The molecule has 1 aromatic carbocycles. The first-order valence-corrected chi connectivity index (χ1v) is 8.10. The normalized spacial score (nSPS) is 11.3. The Labute approximate surface area is 127 Å². The van der Waals surface area contributed by atoms with Gasteiger partial charge in [0.15, 0.2) is 0 Å². The van der Waals surface area contributed by atoms with Crippen LogP contribution in [0.5, 0.6) is 0 Å². The first-order chi connectivity index (χ1) is 10.3. The highest BCUT2D eigenvalue weighted by molar-refractivity contribution is 7.88. The third-order valence-corrected chi connectivity index (χ3v) is 3.58. The maximum atomic E-state index is 11.2. The van der Waals surface area contributed by atoms with Gasteiger partial charge >= 0.3 is 5.69 Å². The number of rotatable bonds is 5. The van der Waals surface area contributed by atoms with E-state index in [1.54, 1.807) is 24.3 Å². The number of nitrogen functional groups attached to an aromatic ring is 1. The summed E-state index contributed by atoms with van der Waals surface area (Å²) in [5.41, 5.74) is 6.87. The molecule has 0 atom stereocenters. The second-order valence-electron chi connectivity index (χ2n) is 4.64. The quantitative estimate of drug-likeness (QED) is 0.630. The van der Waals surface area contributed by atoms with Crippen molar-refractivity contribution in [2.75, 3.05) is 12.0 Å². The van der Waals surface area contributed by atoms with Crippen LogP contribution in [-0.2, 0) is 16.6 Å². The first kappa shape index (κ1) is 15.9. The van der Waals surface area contributed by atoms with Crippen LogP contribution in [0.2, 0.25) is 0 Å². The number of aromatic nitrogens is 1. The van der Waals surface area contributed by atoms with E-state index in [1.807, 2.05) is 0 Å². The Morgan fingerprint density at radius 1 is 1.36 bits per heavy atom. The molecule has 0 amide bonds. The van der Waals surface area contributed by atoms with Gasteiger partial charge in [-0.05, 0) is 23.3 Å². The number of hydrogen-bond acceptors (Lipinski definition) is 6. The molecule has 0 aliphatic carbocycles. The van der Waals surface area contributed by atoms with Crippen LogP contribution in [0.4, 0.5) is 11.5 Å². The molecular weight excluding hydrogens is 308 g/mol. The summed E-state index contributed by atoms with van der Waals surface area (Å²) < 4.78 is 24.6. The molecule has 0 radical (unpaired) electrons. The Balaban J connectivity index is 2.42. The molecule has 0 saturated carbocycles. The number of anilines is 1. The Bertz CT molecular complexity index is 821. The van der Waals surface area contributed by atoms with Gasteiger partial charge < -0.3 is 5.73 Å². The van der Waals surface area contributed by atoms with Gasteiger partial charge in [-0.1, -0.05) is 18.2 Å². The van der Waals surface area contributed by atoms with Gasteiger partial charge in [0.05, 0.1) is 16.7 Å². The standard InChI is InChI=1S/C13H14N4O4S/c1-22(20,21)16-8-9-3-2-4-10(7-9)11-5-6-15-13(14)12(11)17(18)19/h2-7,16H,8H2,1H3,(H2,14,15). The summed E-state index contributed by atoms with van der Waals surface area (Å²) in [6, 6.07) is 8.26. The number of benzene rings is 1. The minimum absolute atomic E-state index is 0.0983. The summed E-state index contributed by atoms with van der Waals surface area (Å²) in [6.07, 6.45) is 2.45. The zero-order chi connectivity index (χ0) is 16.3. The van der Waals surface area contributed by atoms with Crippen molar-refractivity contribution in [3.05, 3.63) is 52.2 Å². The monoisotopic (exact) mass is 322 g/mol. The summed E-state index contributed by atoms with van der Waals surface area (Å²) in [4.78, 5) is 14.3. The van der Waals surface area contributed by atoms with Gasteiger partial charge in [0.25, 0.3) is 0 Å². The minimum atomic E-state index is -3.32. The number of nitrogens with zero attached hydrogens (tertiary/aromatic N) is 2. The zero-order valence-corrected chi connectivity index (χ0v) is 12.5.